The monoisotopic (exact) mass is 475 g/mol. The normalized spacial score (nSPS) is 10.9. The topological polar surface area (TPSA) is 72.7 Å². The van der Waals surface area contributed by atoms with Crippen LogP contribution in [0.2, 0.25) is 10.0 Å². The highest BCUT2D eigenvalue weighted by atomic mass is 35.5. The van der Waals surface area contributed by atoms with Gasteiger partial charge in [-0.05, 0) is 41.5 Å². The van der Waals surface area contributed by atoms with E-state index in [-0.39, 0.29) is 5.91 Å². The van der Waals surface area contributed by atoms with Crippen LogP contribution in [0.25, 0.3) is 0 Å². The molecule has 0 saturated heterocycles. The average Bonchev–Trinajstić information content (AvgIpc) is 3.40. The molecule has 4 rings (SSSR count). The fourth-order valence-electron chi connectivity index (χ4n) is 2.63. The number of hydrogen-bond acceptors (Lipinski definition) is 6. The van der Waals surface area contributed by atoms with Crippen LogP contribution in [0.15, 0.2) is 65.3 Å². The maximum absolute atomic E-state index is 12.5. The number of aromatic nitrogens is 4. The van der Waals surface area contributed by atoms with E-state index in [2.05, 4.69) is 20.6 Å². The molecular weight excluding hydrogens is 461 g/mol. The van der Waals surface area contributed by atoms with Crippen LogP contribution in [-0.2, 0) is 12.3 Å². The molecule has 0 radical (unpaired) electrons. The van der Waals surface area contributed by atoms with Gasteiger partial charge in [-0.2, -0.15) is 5.10 Å². The average molecular weight is 476 g/mol. The van der Waals surface area contributed by atoms with Gasteiger partial charge in [0.25, 0.3) is 5.91 Å². The number of anilines is 1. The van der Waals surface area contributed by atoms with E-state index in [1.54, 1.807) is 36.5 Å². The third-order valence-electron chi connectivity index (χ3n) is 4.15. The van der Waals surface area contributed by atoms with Crippen molar-refractivity contribution in [1.29, 1.82) is 0 Å². The molecule has 0 aliphatic carbocycles. The molecule has 0 aliphatic heterocycles. The molecule has 0 saturated carbocycles. The van der Waals surface area contributed by atoms with E-state index in [0.717, 1.165) is 15.5 Å². The summed E-state index contributed by atoms with van der Waals surface area (Å²) < 4.78 is 2.54. The Balaban J connectivity index is 1.34. The largest absolute Gasteiger partial charge is 0.296 e. The number of hydrogen-bond donors (Lipinski definition) is 1. The molecule has 2 aromatic carbocycles. The highest BCUT2D eigenvalue weighted by Gasteiger charge is 2.12. The Morgan fingerprint density at radius 3 is 2.53 bits per heavy atom. The van der Waals surface area contributed by atoms with Crippen molar-refractivity contribution in [2.24, 2.45) is 0 Å². The first kappa shape index (κ1) is 20.9. The molecule has 2 aromatic heterocycles. The van der Waals surface area contributed by atoms with Crippen molar-refractivity contribution in [3.63, 3.8) is 0 Å². The van der Waals surface area contributed by atoms with Crippen molar-refractivity contribution in [2.45, 2.75) is 16.6 Å². The molecule has 1 amide bonds. The van der Waals surface area contributed by atoms with Crippen molar-refractivity contribution in [1.82, 2.24) is 20.0 Å². The molecule has 0 aliphatic rings. The Labute approximate surface area is 191 Å². The molecule has 152 valence electrons. The zero-order chi connectivity index (χ0) is 20.9. The zero-order valence-electron chi connectivity index (χ0n) is 15.5. The van der Waals surface area contributed by atoms with Crippen LogP contribution < -0.4 is 5.32 Å². The standard InChI is InChI=1S/C20H15Cl2N5OS2/c21-16-3-1-4-17(22)15(16)12-29-20-26-25-19(30-20)24-18(28)14-7-5-13(6-8-14)11-27-10-2-9-23-27/h1-10H,11-12H2,(H,24,25,28). The Kier molecular flexibility index (Phi) is 6.69. The number of amides is 1. The minimum Gasteiger partial charge on any atom is -0.296 e. The summed E-state index contributed by atoms with van der Waals surface area (Å²) in [7, 11) is 0. The summed E-state index contributed by atoms with van der Waals surface area (Å²) in [6.07, 6.45) is 3.63. The fraction of sp³-hybridized carbons (Fsp3) is 0.100. The summed E-state index contributed by atoms with van der Waals surface area (Å²) >= 11 is 15.2. The van der Waals surface area contributed by atoms with Crippen LogP contribution in [-0.4, -0.2) is 25.9 Å². The zero-order valence-corrected chi connectivity index (χ0v) is 18.6. The number of thioether (sulfide) groups is 1. The number of halogens is 2. The molecule has 2 heterocycles. The lowest BCUT2D eigenvalue weighted by Gasteiger charge is -2.05. The molecule has 10 heteroatoms. The Bertz CT molecular complexity index is 1130. The minimum absolute atomic E-state index is 0.234. The van der Waals surface area contributed by atoms with Gasteiger partial charge in [0.2, 0.25) is 5.13 Å². The lowest BCUT2D eigenvalue weighted by molar-refractivity contribution is 0.102. The van der Waals surface area contributed by atoms with E-state index >= 15 is 0 Å². The second-order valence-electron chi connectivity index (χ2n) is 6.22. The fourth-order valence-corrected chi connectivity index (χ4v) is 5.12. The van der Waals surface area contributed by atoms with Crippen molar-refractivity contribution >= 4 is 57.3 Å². The van der Waals surface area contributed by atoms with Gasteiger partial charge in [-0.1, -0.05) is 64.5 Å². The quantitative estimate of drug-likeness (QED) is 0.276. The molecule has 0 fully saturated rings. The van der Waals surface area contributed by atoms with Crippen LogP contribution in [0.5, 0.6) is 0 Å². The maximum atomic E-state index is 12.5. The summed E-state index contributed by atoms with van der Waals surface area (Å²) in [6, 6.07) is 14.7. The van der Waals surface area contributed by atoms with Gasteiger partial charge in [0.15, 0.2) is 4.34 Å². The minimum atomic E-state index is -0.234. The van der Waals surface area contributed by atoms with Crippen molar-refractivity contribution in [3.05, 3.63) is 87.7 Å². The van der Waals surface area contributed by atoms with Gasteiger partial charge in [-0.25, -0.2) is 0 Å². The lowest BCUT2D eigenvalue weighted by atomic mass is 10.1. The van der Waals surface area contributed by atoms with Gasteiger partial charge in [0.1, 0.15) is 0 Å². The number of rotatable bonds is 7. The number of benzene rings is 2. The van der Waals surface area contributed by atoms with Gasteiger partial charge >= 0.3 is 0 Å². The van der Waals surface area contributed by atoms with Crippen LogP contribution in [0.1, 0.15) is 21.5 Å². The Morgan fingerprint density at radius 2 is 1.83 bits per heavy atom. The van der Waals surface area contributed by atoms with Gasteiger partial charge < -0.3 is 0 Å². The Hall–Kier alpha value is -2.39. The van der Waals surface area contributed by atoms with E-state index < -0.39 is 0 Å². The Morgan fingerprint density at radius 1 is 1.07 bits per heavy atom. The highest BCUT2D eigenvalue weighted by Crippen LogP contribution is 2.33. The van der Waals surface area contributed by atoms with Crippen LogP contribution in [0.3, 0.4) is 0 Å². The van der Waals surface area contributed by atoms with Gasteiger partial charge in [0, 0.05) is 33.8 Å². The van der Waals surface area contributed by atoms with Crippen molar-refractivity contribution < 1.29 is 4.79 Å². The maximum Gasteiger partial charge on any atom is 0.257 e. The van der Waals surface area contributed by atoms with Gasteiger partial charge in [-0.3, -0.25) is 14.8 Å². The molecule has 0 unspecified atom stereocenters. The van der Waals surface area contributed by atoms with Gasteiger partial charge in [-0.15, -0.1) is 10.2 Å². The second kappa shape index (κ2) is 9.61. The van der Waals surface area contributed by atoms with E-state index in [9.17, 15) is 4.79 Å². The van der Waals surface area contributed by atoms with Crippen molar-refractivity contribution in [2.75, 3.05) is 5.32 Å². The predicted octanol–water partition coefficient (Wildman–Crippen LogP) is 5.63. The molecule has 0 atom stereocenters. The first-order valence-electron chi connectivity index (χ1n) is 8.85. The van der Waals surface area contributed by atoms with E-state index in [0.29, 0.717) is 33.0 Å². The van der Waals surface area contributed by atoms with E-state index in [1.165, 1.54) is 23.1 Å². The first-order chi connectivity index (χ1) is 14.6. The first-order valence-corrected chi connectivity index (χ1v) is 11.4. The van der Waals surface area contributed by atoms with E-state index in [4.69, 9.17) is 23.2 Å². The summed E-state index contributed by atoms with van der Waals surface area (Å²) in [6.45, 7) is 0.654. The number of carbonyl (C=O) groups is 1. The summed E-state index contributed by atoms with van der Waals surface area (Å²) in [5, 5.41) is 16.8. The smallest absolute Gasteiger partial charge is 0.257 e. The molecule has 30 heavy (non-hydrogen) atoms. The van der Waals surface area contributed by atoms with E-state index in [1.807, 2.05) is 29.1 Å². The number of nitrogens with zero attached hydrogens (tertiary/aromatic N) is 4. The van der Waals surface area contributed by atoms with Gasteiger partial charge in [0.05, 0.1) is 6.54 Å². The number of nitrogens with one attached hydrogen (secondary N) is 1. The van der Waals surface area contributed by atoms with Crippen molar-refractivity contribution in [3.8, 4) is 0 Å². The summed E-state index contributed by atoms with van der Waals surface area (Å²) in [5.41, 5.74) is 2.45. The molecule has 6 nitrogen and oxygen atoms in total. The third-order valence-corrected chi connectivity index (χ3v) is 6.86. The predicted molar refractivity (Wildman–Crippen MR) is 122 cm³/mol. The SMILES string of the molecule is O=C(Nc1nnc(SCc2c(Cl)cccc2Cl)s1)c1ccc(Cn2cccn2)cc1. The molecule has 4 aromatic rings. The molecule has 1 N–H and O–H groups in total. The molecule has 0 spiro atoms. The number of carbonyl (C=O) groups excluding carboxylic acids is 1. The second-order valence-corrected chi connectivity index (χ2v) is 9.23. The third kappa shape index (κ3) is 5.20. The molecular formula is C20H15Cl2N5OS2. The highest BCUT2D eigenvalue weighted by molar-refractivity contribution is 8.00. The lowest BCUT2D eigenvalue weighted by Crippen LogP contribution is -2.11. The van der Waals surface area contributed by atoms with Crippen LogP contribution in [0.4, 0.5) is 5.13 Å². The molecule has 0 bridgehead atoms. The summed E-state index contributed by atoms with van der Waals surface area (Å²) in [4.78, 5) is 12.5. The van der Waals surface area contributed by atoms with Crippen LogP contribution in [0, 0.1) is 0 Å². The summed E-state index contributed by atoms with van der Waals surface area (Å²) in [5.74, 6) is 0.334. The van der Waals surface area contributed by atoms with Crippen LogP contribution >= 0.6 is 46.3 Å².